The molecule has 0 spiro atoms. The number of hydrogen-bond donors (Lipinski definition) is 0. The number of nitro groups is 1. The number of esters is 1. The number of rotatable bonds is 5. The number of benzene rings is 1. The van der Waals surface area contributed by atoms with E-state index in [9.17, 15) is 14.9 Å². The quantitative estimate of drug-likeness (QED) is 0.468. The minimum absolute atomic E-state index is 0.284. The van der Waals surface area contributed by atoms with Crippen molar-refractivity contribution in [2.45, 2.75) is 11.3 Å². The zero-order valence-corrected chi connectivity index (χ0v) is 13.9. The molecule has 1 aromatic carbocycles. The summed E-state index contributed by atoms with van der Waals surface area (Å²) in [5.74, 6) is -0.534. The van der Waals surface area contributed by atoms with Crippen LogP contribution in [0.5, 0.6) is 0 Å². The van der Waals surface area contributed by atoms with Crippen LogP contribution < -0.4 is 4.90 Å². The monoisotopic (exact) mass is 334 g/mol. The van der Waals surface area contributed by atoms with E-state index in [1.165, 1.54) is 13.2 Å². The molecule has 0 aromatic heterocycles. The standard InChI is InChI=1S/C16H18N2O4S/c1-17(2)12-7-4-11(5-8-12)6-9-14-13(18(20)21)10-15(23-14)16(19)22-3/h4-10,13-14H,1-3H3/b9-6-/t13-,14-/m0/s1. The third-order valence-corrected chi connectivity index (χ3v) is 4.70. The van der Waals surface area contributed by atoms with Gasteiger partial charge in [0.15, 0.2) is 0 Å². The van der Waals surface area contributed by atoms with E-state index in [2.05, 4.69) is 4.74 Å². The van der Waals surface area contributed by atoms with Gasteiger partial charge in [0.05, 0.1) is 17.3 Å². The van der Waals surface area contributed by atoms with Crippen LogP contribution in [0.3, 0.4) is 0 Å². The van der Waals surface area contributed by atoms with Gasteiger partial charge in [-0.2, -0.15) is 0 Å². The fourth-order valence-electron chi connectivity index (χ4n) is 2.15. The Kier molecular flexibility index (Phi) is 5.44. The maximum atomic E-state index is 11.5. The van der Waals surface area contributed by atoms with Crippen molar-refractivity contribution in [3.05, 3.63) is 57.0 Å². The molecule has 0 N–H and O–H groups in total. The number of anilines is 1. The second kappa shape index (κ2) is 7.32. The molecular formula is C16H18N2O4S. The third kappa shape index (κ3) is 4.13. The topological polar surface area (TPSA) is 72.7 Å². The van der Waals surface area contributed by atoms with Crippen LogP contribution in [-0.4, -0.2) is 43.4 Å². The van der Waals surface area contributed by atoms with E-state index in [-0.39, 0.29) is 9.83 Å². The highest BCUT2D eigenvalue weighted by Crippen LogP contribution is 2.35. The molecule has 7 heteroatoms. The first-order valence-electron chi connectivity index (χ1n) is 6.98. The van der Waals surface area contributed by atoms with Crippen molar-refractivity contribution in [1.29, 1.82) is 0 Å². The molecule has 0 amide bonds. The summed E-state index contributed by atoms with van der Waals surface area (Å²) in [6, 6.07) is 6.92. The van der Waals surface area contributed by atoms with E-state index >= 15 is 0 Å². The summed E-state index contributed by atoms with van der Waals surface area (Å²) in [7, 11) is 5.18. The van der Waals surface area contributed by atoms with Gasteiger partial charge in [0.25, 0.3) is 0 Å². The number of carbonyl (C=O) groups is 1. The average molecular weight is 334 g/mol. The van der Waals surface area contributed by atoms with Gasteiger partial charge in [-0.3, -0.25) is 10.1 Å². The molecule has 0 radical (unpaired) electrons. The second-order valence-corrected chi connectivity index (χ2v) is 6.45. The summed E-state index contributed by atoms with van der Waals surface area (Å²) in [5, 5.41) is 10.7. The van der Waals surface area contributed by atoms with Crippen molar-refractivity contribution in [3.8, 4) is 0 Å². The fraction of sp³-hybridized carbons (Fsp3) is 0.312. The Morgan fingerprint density at radius 3 is 2.52 bits per heavy atom. The van der Waals surface area contributed by atoms with Crippen LogP contribution >= 0.6 is 11.8 Å². The van der Waals surface area contributed by atoms with Gasteiger partial charge in [-0.1, -0.05) is 24.3 Å². The molecule has 1 aromatic rings. The van der Waals surface area contributed by atoms with E-state index in [0.29, 0.717) is 0 Å². The molecule has 6 nitrogen and oxygen atoms in total. The smallest absolute Gasteiger partial charge is 0.344 e. The summed E-state index contributed by atoms with van der Waals surface area (Å²) >= 11 is 1.16. The molecule has 1 aliphatic heterocycles. The summed E-state index contributed by atoms with van der Waals surface area (Å²) in [6.45, 7) is 0. The predicted octanol–water partition coefficient (Wildman–Crippen LogP) is 2.58. The van der Waals surface area contributed by atoms with Crippen LogP contribution in [0.15, 0.2) is 41.3 Å². The summed E-state index contributed by atoms with van der Waals surface area (Å²) in [6.07, 6.45) is 4.96. The number of ether oxygens (including phenoxy) is 1. The van der Waals surface area contributed by atoms with Crippen LogP contribution in [0.2, 0.25) is 0 Å². The molecule has 23 heavy (non-hydrogen) atoms. The minimum atomic E-state index is -0.925. The van der Waals surface area contributed by atoms with Crippen molar-refractivity contribution in [2.24, 2.45) is 0 Å². The first-order valence-corrected chi connectivity index (χ1v) is 7.86. The lowest BCUT2D eigenvalue weighted by Crippen LogP contribution is -2.24. The van der Waals surface area contributed by atoms with Gasteiger partial charge in [-0.05, 0) is 17.7 Å². The SMILES string of the molecule is COC(=O)C1=C[C@H]([N+](=O)[O-])[C@H](/C=C\c2ccc(N(C)C)cc2)S1. The number of carbonyl (C=O) groups excluding carboxylic acids is 1. The Bertz CT molecular complexity index is 653. The molecule has 0 saturated carbocycles. The lowest BCUT2D eigenvalue weighted by Gasteiger charge is -2.12. The van der Waals surface area contributed by atoms with Crippen LogP contribution in [-0.2, 0) is 9.53 Å². The highest BCUT2D eigenvalue weighted by Gasteiger charge is 2.38. The maximum absolute atomic E-state index is 11.5. The Balaban J connectivity index is 2.12. The summed E-state index contributed by atoms with van der Waals surface area (Å²) in [5.41, 5.74) is 2.03. The van der Waals surface area contributed by atoms with Gasteiger partial charge >= 0.3 is 5.97 Å². The Morgan fingerprint density at radius 2 is 2.00 bits per heavy atom. The molecule has 0 bridgehead atoms. The zero-order chi connectivity index (χ0) is 17.0. The number of hydrogen-bond acceptors (Lipinski definition) is 6. The largest absolute Gasteiger partial charge is 0.465 e. The lowest BCUT2D eigenvalue weighted by atomic mass is 10.1. The maximum Gasteiger partial charge on any atom is 0.344 e. The van der Waals surface area contributed by atoms with Gasteiger partial charge in [0.1, 0.15) is 0 Å². The van der Waals surface area contributed by atoms with Gasteiger partial charge in [0, 0.05) is 30.8 Å². The van der Waals surface area contributed by atoms with E-state index < -0.39 is 17.3 Å². The van der Waals surface area contributed by atoms with E-state index in [1.807, 2.05) is 49.3 Å². The van der Waals surface area contributed by atoms with E-state index in [1.54, 1.807) is 6.08 Å². The van der Waals surface area contributed by atoms with Gasteiger partial charge in [-0.15, -0.1) is 11.8 Å². The average Bonchev–Trinajstić information content (AvgIpc) is 2.97. The molecule has 2 rings (SSSR count). The van der Waals surface area contributed by atoms with Crippen LogP contribution in [0.25, 0.3) is 6.08 Å². The number of nitrogens with zero attached hydrogens (tertiary/aromatic N) is 2. The van der Waals surface area contributed by atoms with Gasteiger partial charge < -0.3 is 9.64 Å². The predicted molar refractivity (Wildman–Crippen MR) is 92.1 cm³/mol. The Morgan fingerprint density at radius 1 is 1.35 bits per heavy atom. The minimum Gasteiger partial charge on any atom is -0.465 e. The van der Waals surface area contributed by atoms with Gasteiger partial charge in [0.2, 0.25) is 6.04 Å². The van der Waals surface area contributed by atoms with Crippen LogP contribution in [0, 0.1) is 10.1 Å². The Labute approximate surface area is 139 Å². The molecule has 122 valence electrons. The van der Waals surface area contributed by atoms with Crippen molar-refractivity contribution in [3.63, 3.8) is 0 Å². The molecule has 2 atom stereocenters. The molecule has 0 saturated heterocycles. The number of thioether (sulfide) groups is 1. The normalized spacial score (nSPS) is 20.4. The zero-order valence-electron chi connectivity index (χ0n) is 13.1. The van der Waals surface area contributed by atoms with Crippen molar-refractivity contribution >= 4 is 29.5 Å². The summed E-state index contributed by atoms with van der Waals surface area (Å²) in [4.78, 5) is 24.6. The highest BCUT2D eigenvalue weighted by molar-refractivity contribution is 8.05. The van der Waals surface area contributed by atoms with E-state index in [4.69, 9.17) is 0 Å². The Hall–Kier alpha value is -2.28. The number of methoxy groups -OCH3 is 1. The van der Waals surface area contributed by atoms with Crippen molar-refractivity contribution < 1.29 is 14.5 Å². The van der Waals surface area contributed by atoms with Gasteiger partial charge in [-0.25, -0.2) is 4.79 Å². The second-order valence-electron chi connectivity index (χ2n) is 5.23. The molecule has 1 heterocycles. The van der Waals surface area contributed by atoms with Crippen molar-refractivity contribution in [1.82, 2.24) is 0 Å². The molecule has 1 aliphatic rings. The van der Waals surface area contributed by atoms with Crippen LogP contribution in [0.1, 0.15) is 5.56 Å². The lowest BCUT2D eigenvalue weighted by molar-refractivity contribution is -0.506. The van der Waals surface area contributed by atoms with E-state index in [0.717, 1.165) is 23.0 Å². The molecular weight excluding hydrogens is 316 g/mol. The van der Waals surface area contributed by atoms with Crippen molar-refractivity contribution in [2.75, 3.05) is 26.1 Å². The third-order valence-electron chi connectivity index (χ3n) is 3.44. The fourth-order valence-corrected chi connectivity index (χ4v) is 3.31. The van der Waals surface area contributed by atoms with Crippen LogP contribution in [0.4, 0.5) is 5.69 Å². The highest BCUT2D eigenvalue weighted by atomic mass is 32.2. The summed E-state index contributed by atoms with van der Waals surface area (Å²) < 4.78 is 4.63. The molecule has 0 unspecified atom stereocenters. The molecule has 0 aliphatic carbocycles. The first-order chi connectivity index (χ1) is 10.9. The molecule has 0 fully saturated rings. The first kappa shape index (κ1) is 17.1.